The highest BCUT2D eigenvalue weighted by Gasteiger charge is 2.10. The molecule has 1 aliphatic heterocycles. The topological polar surface area (TPSA) is 82.3 Å². The van der Waals surface area contributed by atoms with E-state index < -0.39 is 0 Å². The van der Waals surface area contributed by atoms with Crippen molar-refractivity contribution >= 4 is 0 Å². The lowest BCUT2D eigenvalue weighted by molar-refractivity contribution is 0.0811. The molecule has 1 saturated heterocycles. The summed E-state index contributed by atoms with van der Waals surface area (Å²) in [4.78, 5) is 0. The van der Waals surface area contributed by atoms with Gasteiger partial charge in [-0.1, -0.05) is 6.92 Å². The first-order valence-electron chi connectivity index (χ1n) is 4.61. The third-order valence-electron chi connectivity index (χ3n) is 2.13. The first-order valence-corrected chi connectivity index (χ1v) is 4.61. The number of nitrogens with one attached hydrogen (secondary N) is 1. The molecular weight excluding hydrogens is 166 g/mol. The molecule has 0 unspecified atom stereocenters. The van der Waals surface area contributed by atoms with E-state index in [2.05, 4.69) is 12.2 Å². The van der Waals surface area contributed by atoms with Crippen LogP contribution in [-0.2, 0) is 4.74 Å². The summed E-state index contributed by atoms with van der Waals surface area (Å²) >= 11 is 0. The van der Waals surface area contributed by atoms with Crippen LogP contribution in [0.4, 0.5) is 0 Å². The second kappa shape index (κ2) is 6.74. The fourth-order valence-electron chi connectivity index (χ4n) is 1.19. The smallest absolute Gasteiger partial charge is 0.0485 e. The van der Waals surface area contributed by atoms with Gasteiger partial charge in [0.1, 0.15) is 0 Å². The minimum Gasteiger partial charge on any atom is -0.401 e. The lowest BCUT2D eigenvalue weighted by Gasteiger charge is -2.22. The van der Waals surface area contributed by atoms with E-state index in [0.717, 1.165) is 38.2 Å². The standard InChI is InChI=1S/C9H18N2O.H3N/c1-2-8(10)7-11-9-3-5-12-6-4-9;/h7,9,11H,2-6,10H2,1H3;1H3/b8-7-;. The molecule has 1 aliphatic rings. The third-order valence-corrected chi connectivity index (χ3v) is 2.13. The van der Waals surface area contributed by atoms with Crippen molar-refractivity contribution in [2.75, 3.05) is 13.2 Å². The highest BCUT2D eigenvalue weighted by molar-refractivity contribution is 4.94. The van der Waals surface area contributed by atoms with E-state index in [1.165, 1.54) is 0 Å². The van der Waals surface area contributed by atoms with Crippen molar-refractivity contribution in [3.05, 3.63) is 11.9 Å². The molecule has 6 N–H and O–H groups in total. The summed E-state index contributed by atoms with van der Waals surface area (Å²) < 4.78 is 5.24. The molecule has 4 nitrogen and oxygen atoms in total. The van der Waals surface area contributed by atoms with Gasteiger partial charge in [-0.15, -0.1) is 0 Å². The Morgan fingerprint density at radius 1 is 1.54 bits per heavy atom. The zero-order chi connectivity index (χ0) is 8.81. The van der Waals surface area contributed by atoms with Gasteiger partial charge in [0.2, 0.25) is 0 Å². The number of hydrogen-bond acceptors (Lipinski definition) is 4. The molecule has 0 atom stereocenters. The number of rotatable bonds is 3. The Balaban J connectivity index is 0.00000144. The highest BCUT2D eigenvalue weighted by atomic mass is 16.5. The van der Waals surface area contributed by atoms with Crippen LogP contribution in [0.1, 0.15) is 26.2 Å². The minimum absolute atomic E-state index is 0. The van der Waals surface area contributed by atoms with Crippen LogP contribution in [0, 0.1) is 0 Å². The first-order chi connectivity index (χ1) is 5.83. The lowest BCUT2D eigenvalue weighted by atomic mass is 10.1. The van der Waals surface area contributed by atoms with Crippen LogP contribution in [0.2, 0.25) is 0 Å². The maximum Gasteiger partial charge on any atom is 0.0485 e. The Kier molecular flexibility index (Phi) is 6.36. The molecule has 0 aliphatic carbocycles. The average Bonchev–Trinajstić information content (AvgIpc) is 2.16. The third kappa shape index (κ3) is 4.75. The van der Waals surface area contributed by atoms with Crippen LogP contribution in [0.5, 0.6) is 0 Å². The van der Waals surface area contributed by atoms with Gasteiger partial charge in [-0.3, -0.25) is 0 Å². The van der Waals surface area contributed by atoms with E-state index in [1.807, 2.05) is 6.20 Å². The Morgan fingerprint density at radius 3 is 2.69 bits per heavy atom. The number of allylic oxidation sites excluding steroid dienone is 1. The normalized spacial score (nSPS) is 19.3. The Bertz CT molecular complexity index is 153. The van der Waals surface area contributed by atoms with Gasteiger partial charge in [-0.25, -0.2) is 0 Å². The van der Waals surface area contributed by atoms with E-state index in [4.69, 9.17) is 10.5 Å². The van der Waals surface area contributed by atoms with E-state index in [9.17, 15) is 0 Å². The lowest BCUT2D eigenvalue weighted by Crippen LogP contribution is -2.31. The van der Waals surface area contributed by atoms with Crippen molar-refractivity contribution in [3.63, 3.8) is 0 Å². The van der Waals surface area contributed by atoms with Gasteiger partial charge in [0, 0.05) is 31.2 Å². The van der Waals surface area contributed by atoms with E-state index in [0.29, 0.717) is 6.04 Å². The predicted molar refractivity (Wildman–Crippen MR) is 54.6 cm³/mol. The zero-order valence-corrected chi connectivity index (χ0v) is 8.38. The second-order valence-electron chi connectivity index (χ2n) is 3.13. The summed E-state index contributed by atoms with van der Waals surface area (Å²) in [6, 6.07) is 0.559. The molecule has 0 spiro atoms. The Morgan fingerprint density at radius 2 is 2.15 bits per heavy atom. The van der Waals surface area contributed by atoms with Crippen molar-refractivity contribution in [2.45, 2.75) is 32.2 Å². The predicted octanol–water partition coefficient (Wildman–Crippen LogP) is 1.13. The first kappa shape index (κ1) is 12.3. The van der Waals surface area contributed by atoms with Crippen LogP contribution in [-0.4, -0.2) is 19.3 Å². The molecule has 1 fully saturated rings. The summed E-state index contributed by atoms with van der Waals surface area (Å²) in [7, 11) is 0. The summed E-state index contributed by atoms with van der Waals surface area (Å²) in [5, 5.41) is 3.31. The minimum atomic E-state index is 0. The monoisotopic (exact) mass is 187 g/mol. The van der Waals surface area contributed by atoms with Gasteiger partial charge in [0.05, 0.1) is 0 Å². The van der Waals surface area contributed by atoms with Gasteiger partial charge in [-0.05, 0) is 19.3 Å². The SMILES string of the molecule is CC/C(N)=C/NC1CCOCC1.N. The molecule has 0 aromatic heterocycles. The highest BCUT2D eigenvalue weighted by Crippen LogP contribution is 2.06. The van der Waals surface area contributed by atoms with Gasteiger partial charge < -0.3 is 21.9 Å². The maximum atomic E-state index is 5.66. The fraction of sp³-hybridized carbons (Fsp3) is 0.778. The van der Waals surface area contributed by atoms with Gasteiger partial charge in [-0.2, -0.15) is 0 Å². The van der Waals surface area contributed by atoms with Crippen LogP contribution in [0.15, 0.2) is 11.9 Å². The quantitative estimate of drug-likeness (QED) is 0.618. The van der Waals surface area contributed by atoms with Crippen LogP contribution < -0.4 is 17.2 Å². The molecule has 13 heavy (non-hydrogen) atoms. The molecule has 0 bridgehead atoms. The van der Waals surface area contributed by atoms with E-state index in [-0.39, 0.29) is 6.15 Å². The van der Waals surface area contributed by atoms with Crippen molar-refractivity contribution in [1.82, 2.24) is 11.5 Å². The molecule has 0 aromatic carbocycles. The molecule has 1 rings (SSSR count). The summed E-state index contributed by atoms with van der Waals surface area (Å²) in [6.45, 7) is 3.80. The van der Waals surface area contributed by atoms with Gasteiger partial charge in [0.15, 0.2) is 0 Å². The van der Waals surface area contributed by atoms with Gasteiger partial charge >= 0.3 is 0 Å². The van der Waals surface area contributed by atoms with Crippen LogP contribution in [0.25, 0.3) is 0 Å². The van der Waals surface area contributed by atoms with Crippen LogP contribution >= 0.6 is 0 Å². The zero-order valence-electron chi connectivity index (χ0n) is 8.38. The van der Waals surface area contributed by atoms with Crippen LogP contribution in [0.3, 0.4) is 0 Å². The fourth-order valence-corrected chi connectivity index (χ4v) is 1.19. The molecule has 4 heteroatoms. The molecule has 0 amide bonds. The Hall–Kier alpha value is -0.740. The molecular formula is C9H21N3O. The maximum absolute atomic E-state index is 5.66. The van der Waals surface area contributed by atoms with Crippen molar-refractivity contribution in [2.24, 2.45) is 5.73 Å². The van der Waals surface area contributed by atoms with Gasteiger partial charge in [0.25, 0.3) is 0 Å². The van der Waals surface area contributed by atoms with E-state index in [1.54, 1.807) is 0 Å². The summed E-state index contributed by atoms with van der Waals surface area (Å²) in [6.07, 6.45) is 5.02. The largest absolute Gasteiger partial charge is 0.401 e. The molecule has 78 valence electrons. The molecule has 1 heterocycles. The van der Waals surface area contributed by atoms with E-state index >= 15 is 0 Å². The van der Waals surface area contributed by atoms with Crippen molar-refractivity contribution in [3.8, 4) is 0 Å². The Labute approximate surface area is 80.1 Å². The average molecular weight is 187 g/mol. The number of nitrogens with two attached hydrogens (primary N) is 1. The summed E-state index contributed by atoms with van der Waals surface area (Å²) in [5.41, 5.74) is 6.58. The van der Waals surface area contributed by atoms with Crippen molar-refractivity contribution in [1.29, 1.82) is 0 Å². The van der Waals surface area contributed by atoms with Crippen molar-refractivity contribution < 1.29 is 4.74 Å². The summed E-state index contributed by atoms with van der Waals surface area (Å²) in [5.74, 6) is 0. The second-order valence-corrected chi connectivity index (χ2v) is 3.13. The molecule has 0 radical (unpaired) electrons. The number of ether oxygens (including phenoxy) is 1. The molecule has 0 saturated carbocycles. The molecule has 0 aromatic rings. The number of hydrogen-bond donors (Lipinski definition) is 3.